The Hall–Kier alpha value is -2.95. The van der Waals surface area contributed by atoms with E-state index >= 15 is 0 Å². The summed E-state index contributed by atoms with van der Waals surface area (Å²) in [6.45, 7) is 2.99. The van der Waals surface area contributed by atoms with E-state index in [4.69, 9.17) is 18.9 Å². The lowest BCUT2D eigenvalue weighted by Gasteiger charge is -2.22. The lowest BCUT2D eigenvalue weighted by Crippen LogP contribution is -2.40. The molecule has 0 N–H and O–H groups in total. The zero-order chi connectivity index (χ0) is 19.1. The van der Waals surface area contributed by atoms with Gasteiger partial charge in [-0.3, -0.25) is 0 Å². The van der Waals surface area contributed by atoms with Crippen molar-refractivity contribution < 1.29 is 23.5 Å². The van der Waals surface area contributed by atoms with Crippen LogP contribution < -0.4 is 23.5 Å². The molecule has 5 nitrogen and oxygen atoms in total. The smallest absolute Gasteiger partial charge is 0.217 e. The van der Waals surface area contributed by atoms with E-state index in [1.54, 1.807) is 28.4 Å². The van der Waals surface area contributed by atoms with E-state index < -0.39 is 0 Å². The van der Waals surface area contributed by atoms with Gasteiger partial charge in [0.2, 0.25) is 11.4 Å². The van der Waals surface area contributed by atoms with Gasteiger partial charge in [-0.25, -0.2) is 0 Å². The molecule has 0 spiro atoms. The number of rotatable bonds is 4. The third-order valence-electron chi connectivity index (χ3n) is 5.40. The molecule has 1 aromatic heterocycles. The van der Waals surface area contributed by atoms with E-state index in [1.807, 2.05) is 6.07 Å². The van der Waals surface area contributed by atoms with Crippen molar-refractivity contribution in [2.45, 2.75) is 19.9 Å². The van der Waals surface area contributed by atoms with Crippen LogP contribution in [-0.2, 0) is 13.0 Å². The van der Waals surface area contributed by atoms with E-state index in [9.17, 15) is 0 Å². The monoisotopic (exact) mass is 366 g/mol. The first kappa shape index (κ1) is 17.5. The zero-order valence-corrected chi connectivity index (χ0v) is 16.4. The highest BCUT2D eigenvalue weighted by Crippen LogP contribution is 2.47. The molecule has 0 fully saturated rings. The van der Waals surface area contributed by atoms with Crippen molar-refractivity contribution in [3.05, 3.63) is 41.6 Å². The van der Waals surface area contributed by atoms with Gasteiger partial charge in [-0.1, -0.05) is 6.07 Å². The summed E-state index contributed by atoms with van der Waals surface area (Å²) in [4.78, 5) is 0. The van der Waals surface area contributed by atoms with Crippen LogP contribution in [0.1, 0.15) is 11.1 Å². The maximum Gasteiger partial charge on any atom is 0.217 e. The van der Waals surface area contributed by atoms with Crippen molar-refractivity contribution >= 4 is 10.8 Å². The Morgan fingerprint density at radius 2 is 1.59 bits per heavy atom. The SMILES string of the molecule is COc1cc2c(c(OC)c1OC)-c1cc3ccc(OC)c(C)c3c[n+]1CC2. The van der Waals surface area contributed by atoms with E-state index in [0.29, 0.717) is 17.2 Å². The number of fused-ring (bicyclic) bond motifs is 4. The van der Waals surface area contributed by atoms with Crippen LogP contribution in [0.5, 0.6) is 23.0 Å². The first-order chi connectivity index (χ1) is 13.1. The zero-order valence-electron chi connectivity index (χ0n) is 16.4. The van der Waals surface area contributed by atoms with Crippen LogP contribution in [0, 0.1) is 6.92 Å². The van der Waals surface area contributed by atoms with Crippen LogP contribution in [0.15, 0.2) is 30.5 Å². The normalized spacial score (nSPS) is 12.3. The summed E-state index contributed by atoms with van der Waals surface area (Å²) >= 11 is 0. The average Bonchev–Trinajstić information content (AvgIpc) is 2.71. The van der Waals surface area contributed by atoms with Crippen LogP contribution in [0.3, 0.4) is 0 Å². The van der Waals surface area contributed by atoms with Gasteiger partial charge in [0.05, 0.1) is 39.4 Å². The minimum atomic E-state index is 0.623. The summed E-state index contributed by atoms with van der Waals surface area (Å²) in [6, 6.07) is 8.39. The first-order valence-electron chi connectivity index (χ1n) is 8.96. The van der Waals surface area contributed by atoms with Crippen LogP contribution in [-0.4, -0.2) is 28.4 Å². The Morgan fingerprint density at radius 1 is 0.852 bits per heavy atom. The fourth-order valence-electron chi connectivity index (χ4n) is 4.03. The van der Waals surface area contributed by atoms with Crippen LogP contribution >= 0.6 is 0 Å². The number of hydrogen-bond donors (Lipinski definition) is 0. The molecule has 4 rings (SSSR count). The molecule has 3 aromatic rings. The van der Waals surface area contributed by atoms with Crippen LogP contribution in [0.25, 0.3) is 22.0 Å². The highest BCUT2D eigenvalue weighted by atomic mass is 16.5. The maximum atomic E-state index is 5.77. The minimum Gasteiger partial charge on any atom is -0.496 e. The Bertz CT molecular complexity index is 1040. The van der Waals surface area contributed by atoms with E-state index in [0.717, 1.165) is 35.5 Å². The summed E-state index contributed by atoms with van der Waals surface area (Å²) in [7, 11) is 6.67. The molecular weight excluding hydrogens is 342 g/mol. The van der Waals surface area contributed by atoms with Crippen LogP contribution in [0.2, 0.25) is 0 Å². The van der Waals surface area contributed by atoms with Gasteiger partial charge in [-0.15, -0.1) is 0 Å². The Morgan fingerprint density at radius 3 is 2.26 bits per heavy atom. The van der Waals surface area contributed by atoms with Gasteiger partial charge in [0.15, 0.2) is 24.2 Å². The number of aryl methyl sites for hydroxylation is 3. The molecule has 5 heteroatoms. The Kier molecular flexibility index (Phi) is 4.30. The molecule has 0 radical (unpaired) electrons. The second kappa shape index (κ2) is 6.65. The summed E-state index contributed by atoms with van der Waals surface area (Å²) < 4.78 is 24.7. The van der Waals surface area contributed by atoms with Gasteiger partial charge < -0.3 is 18.9 Å². The van der Waals surface area contributed by atoms with Gasteiger partial charge in [-0.05, 0) is 30.0 Å². The van der Waals surface area contributed by atoms with Crippen LogP contribution in [0.4, 0.5) is 0 Å². The molecule has 2 aromatic carbocycles. The predicted octanol–water partition coefficient (Wildman–Crippen LogP) is 3.69. The summed E-state index contributed by atoms with van der Waals surface area (Å²) in [6.07, 6.45) is 3.11. The quantitative estimate of drug-likeness (QED) is 0.661. The molecule has 0 saturated carbocycles. The molecule has 0 saturated heterocycles. The largest absolute Gasteiger partial charge is 0.496 e. The van der Waals surface area contributed by atoms with Crippen molar-refractivity contribution in [1.29, 1.82) is 0 Å². The molecule has 1 aliphatic heterocycles. The van der Waals surface area contributed by atoms with Gasteiger partial charge >= 0.3 is 0 Å². The first-order valence-corrected chi connectivity index (χ1v) is 8.96. The molecule has 140 valence electrons. The van der Waals surface area contributed by atoms with Gasteiger partial charge in [0, 0.05) is 18.1 Å². The second-order valence-electron chi connectivity index (χ2n) is 6.68. The van der Waals surface area contributed by atoms with Crippen molar-refractivity contribution in [3.8, 4) is 34.3 Å². The fraction of sp³-hybridized carbons (Fsp3) is 0.318. The Balaban J connectivity index is 2.02. The van der Waals surface area contributed by atoms with Crippen molar-refractivity contribution in [2.75, 3.05) is 28.4 Å². The van der Waals surface area contributed by atoms with Gasteiger partial charge in [-0.2, -0.15) is 4.57 Å². The Labute approximate surface area is 159 Å². The minimum absolute atomic E-state index is 0.623. The standard InChI is InChI=1S/C22H24NO4/c1-13-16-12-23-9-8-15-11-19(25-3)21(26-4)22(27-5)20(15)17(23)10-14(16)6-7-18(13)24-2/h6-7,10-12H,8-9H2,1-5H3/q+1. The van der Waals surface area contributed by atoms with Gasteiger partial charge in [0.1, 0.15) is 5.75 Å². The van der Waals surface area contributed by atoms with Crippen molar-refractivity contribution in [1.82, 2.24) is 0 Å². The highest BCUT2D eigenvalue weighted by Gasteiger charge is 2.31. The van der Waals surface area contributed by atoms with Gasteiger partial charge in [0.25, 0.3) is 0 Å². The van der Waals surface area contributed by atoms with Crippen molar-refractivity contribution in [3.63, 3.8) is 0 Å². The molecule has 0 atom stereocenters. The summed E-state index contributed by atoms with van der Waals surface area (Å²) in [5, 5.41) is 2.37. The number of pyridine rings is 1. The summed E-state index contributed by atoms with van der Waals surface area (Å²) in [5.74, 6) is 2.94. The number of ether oxygens (including phenoxy) is 4. The topological polar surface area (TPSA) is 40.8 Å². The summed E-state index contributed by atoms with van der Waals surface area (Å²) in [5.41, 5.74) is 4.53. The average molecular weight is 366 g/mol. The number of hydrogen-bond acceptors (Lipinski definition) is 4. The number of aromatic nitrogens is 1. The molecule has 0 bridgehead atoms. The molecule has 27 heavy (non-hydrogen) atoms. The number of nitrogens with zero attached hydrogens (tertiary/aromatic N) is 1. The third-order valence-corrected chi connectivity index (χ3v) is 5.40. The maximum absolute atomic E-state index is 5.77. The lowest BCUT2D eigenvalue weighted by atomic mass is 9.93. The number of methoxy groups -OCH3 is 4. The fourth-order valence-corrected chi connectivity index (χ4v) is 4.03. The molecule has 0 amide bonds. The molecule has 0 unspecified atom stereocenters. The van der Waals surface area contributed by atoms with E-state index in [2.05, 4.69) is 35.9 Å². The third kappa shape index (κ3) is 2.57. The molecule has 2 heterocycles. The van der Waals surface area contributed by atoms with E-state index in [1.165, 1.54) is 16.3 Å². The van der Waals surface area contributed by atoms with E-state index in [-0.39, 0.29) is 0 Å². The highest BCUT2D eigenvalue weighted by molar-refractivity contribution is 5.90. The van der Waals surface area contributed by atoms with Crippen molar-refractivity contribution in [2.24, 2.45) is 0 Å². The second-order valence-corrected chi connectivity index (χ2v) is 6.68. The lowest BCUT2D eigenvalue weighted by molar-refractivity contribution is -0.686. The molecular formula is C22H24NO4+. The predicted molar refractivity (Wildman–Crippen MR) is 104 cm³/mol. The molecule has 1 aliphatic rings. The number of benzene rings is 2. The molecule has 0 aliphatic carbocycles.